The van der Waals surface area contributed by atoms with Crippen molar-refractivity contribution in [3.05, 3.63) is 22.8 Å². The summed E-state index contributed by atoms with van der Waals surface area (Å²) in [6, 6.07) is 0. The van der Waals surface area contributed by atoms with E-state index < -0.39 is 5.54 Å². The van der Waals surface area contributed by atoms with Crippen molar-refractivity contribution in [2.24, 2.45) is 5.73 Å². The van der Waals surface area contributed by atoms with Crippen molar-refractivity contribution in [2.75, 3.05) is 0 Å². The van der Waals surface area contributed by atoms with Crippen molar-refractivity contribution in [3.63, 3.8) is 0 Å². The van der Waals surface area contributed by atoms with Gasteiger partial charge in [-0.05, 0) is 20.8 Å². The van der Waals surface area contributed by atoms with Gasteiger partial charge in [0.1, 0.15) is 0 Å². The molecule has 0 radical (unpaired) electrons. The molecular weight excluding hydrogens is 256 g/mol. The number of thioether (sulfide) groups is 1. The summed E-state index contributed by atoms with van der Waals surface area (Å²) < 4.78 is 6.14. The third kappa shape index (κ3) is 3.27. The number of nitrogens with zero attached hydrogens (tertiary/aromatic N) is 3. The molecule has 0 atom stereocenters. The highest BCUT2D eigenvalue weighted by Crippen LogP contribution is 2.25. The molecule has 0 amide bonds. The molecule has 92 valence electrons. The molecule has 2 aromatic heterocycles. The maximum atomic E-state index is 5.88. The lowest BCUT2D eigenvalue weighted by molar-refractivity contribution is 0.370. The van der Waals surface area contributed by atoms with Crippen LogP contribution in [0.1, 0.15) is 31.3 Å². The lowest BCUT2D eigenvalue weighted by Crippen LogP contribution is -2.30. The highest BCUT2D eigenvalue weighted by molar-refractivity contribution is 8.00. The molecule has 0 aromatic carbocycles. The van der Waals surface area contributed by atoms with Crippen LogP contribution in [0.2, 0.25) is 0 Å². The van der Waals surface area contributed by atoms with E-state index in [1.54, 1.807) is 23.1 Å². The number of thiazole rings is 1. The van der Waals surface area contributed by atoms with Gasteiger partial charge in [-0.25, -0.2) is 4.98 Å². The van der Waals surface area contributed by atoms with Gasteiger partial charge in [0, 0.05) is 11.1 Å². The highest BCUT2D eigenvalue weighted by atomic mass is 32.2. The highest BCUT2D eigenvalue weighted by Gasteiger charge is 2.21. The molecule has 2 heterocycles. The molecule has 0 aliphatic carbocycles. The first kappa shape index (κ1) is 12.5. The summed E-state index contributed by atoms with van der Waals surface area (Å²) in [5.41, 5.74) is 6.35. The van der Waals surface area contributed by atoms with Gasteiger partial charge in [0.15, 0.2) is 10.2 Å². The SMILES string of the molecule is Cc1csc(SCc2nc(C(C)(C)N)no2)n1. The van der Waals surface area contributed by atoms with Gasteiger partial charge in [0.2, 0.25) is 5.89 Å². The van der Waals surface area contributed by atoms with E-state index in [0.717, 1.165) is 10.0 Å². The first-order valence-electron chi connectivity index (χ1n) is 5.12. The maximum absolute atomic E-state index is 5.88. The van der Waals surface area contributed by atoms with Gasteiger partial charge in [0.05, 0.1) is 11.3 Å². The van der Waals surface area contributed by atoms with Crippen LogP contribution in [0, 0.1) is 6.92 Å². The van der Waals surface area contributed by atoms with Crippen LogP contribution in [0.4, 0.5) is 0 Å². The summed E-state index contributed by atoms with van der Waals surface area (Å²) >= 11 is 3.21. The van der Waals surface area contributed by atoms with Crippen LogP contribution in [0.3, 0.4) is 0 Å². The average Bonchev–Trinajstić information content (AvgIpc) is 2.82. The summed E-state index contributed by atoms with van der Waals surface area (Å²) in [6.07, 6.45) is 0. The largest absolute Gasteiger partial charge is 0.338 e. The summed E-state index contributed by atoms with van der Waals surface area (Å²) in [5.74, 6) is 1.73. The van der Waals surface area contributed by atoms with Crippen LogP contribution < -0.4 is 5.73 Å². The van der Waals surface area contributed by atoms with Crippen molar-refractivity contribution < 1.29 is 4.52 Å². The molecule has 0 saturated heterocycles. The second-order valence-corrected chi connectivity index (χ2v) is 6.36. The number of hydrogen-bond acceptors (Lipinski definition) is 7. The van der Waals surface area contributed by atoms with Gasteiger partial charge in [-0.3, -0.25) is 0 Å². The van der Waals surface area contributed by atoms with E-state index in [0.29, 0.717) is 17.5 Å². The predicted molar refractivity (Wildman–Crippen MR) is 67.9 cm³/mol. The number of rotatable bonds is 4. The van der Waals surface area contributed by atoms with Gasteiger partial charge < -0.3 is 10.3 Å². The minimum Gasteiger partial charge on any atom is -0.338 e. The Balaban J connectivity index is 1.98. The molecule has 2 rings (SSSR count). The molecule has 2 aromatic rings. The summed E-state index contributed by atoms with van der Waals surface area (Å²) in [4.78, 5) is 8.60. The fourth-order valence-corrected chi connectivity index (χ4v) is 2.78. The van der Waals surface area contributed by atoms with E-state index in [-0.39, 0.29) is 0 Å². The Morgan fingerprint density at radius 3 is 2.76 bits per heavy atom. The van der Waals surface area contributed by atoms with Gasteiger partial charge >= 0.3 is 0 Å². The molecule has 0 unspecified atom stereocenters. The zero-order valence-electron chi connectivity index (χ0n) is 9.93. The van der Waals surface area contributed by atoms with Gasteiger partial charge in [-0.1, -0.05) is 16.9 Å². The number of aryl methyl sites for hydroxylation is 1. The van der Waals surface area contributed by atoms with E-state index in [4.69, 9.17) is 10.3 Å². The predicted octanol–water partition coefficient (Wildman–Crippen LogP) is 2.32. The third-order valence-electron chi connectivity index (χ3n) is 1.96. The van der Waals surface area contributed by atoms with Crippen molar-refractivity contribution in [2.45, 2.75) is 36.4 Å². The second-order valence-electron chi connectivity index (χ2n) is 4.28. The quantitative estimate of drug-likeness (QED) is 0.859. The van der Waals surface area contributed by atoms with E-state index in [1.165, 1.54) is 0 Å². The molecule has 0 fully saturated rings. The first-order chi connectivity index (χ1) is 7.95. The third-order valence-corrected chi connectivity index (χ3v) is 4.09. The molecule has 0 aliphatic rings. The van der Waals surface area contributed by atoms with E-state index in [9.17, 15) is 0 Å². The lowest BCUT2D eigenvalue weighted by Gasteiger charge is -2.11. The molecular formula is C10H14N4OS2. The van der Waals surface area contributed by atoms with Crippen LogP contribution in [-0.2, 0) is 11.3 Å². The molecule has 5 nitrogen and oxygen atoms in total. The van der Waals surface area contributed by atoms with E-state index >= 15 is 0 Å². The molecule has 0 aliphatic heterocycles. The fraction of sp³-hybridized carbons (Fsp3) is 0.500. The van der Waals surface area contributed by atoms with Gasteiger partial charge in [-0.15, -0.1) is 11.3 Å². The maximum Gasteiger partial charge on any atom is 0.237 e. The molecule has 17 heavy (non-hydrogen) atoms. The Kier molecular flexibility index (Phi) is 3.50. The monoisotopic (exact) mass is 270 g/mol. The Bertz CT molecular complexity index is 500. The Morgan fingerprint density at radius 1 is 1.47 bits per heavy atom. The normalized spacial score (nSPS) is 12.0. The summed E-state index contributed by atoms with van der Waals surface area (Å²) in [7, 11) is 0. The van der Waals surface area contributed by atoms with E-state index in [1.807, 2.05) is 26.2 Å². The standard InChI is InChI=1S/C10H14N4OS2/c1-6-4-16-9(12-6)17-5-7-13-8(14-15-7)10(2,3)11/h4H,5,11H2,1-3H3. The van der Waals surface area contributed by atoms with Crippen LogP contribution in [-0.4, -0.2) is 15.1 Å². The lowest BCUT2D eigenvalue weighted by atomic mass is 10.1. The Labute approximate surface area is 108 Å². The molecule has 0 bridgehead atoms. The van der Waals surface area contributed by atoms with Crippen molar-refractivity contribution >= 4 is 23.1 Å². The Hall–Kier alpha value is -0.920. The van der Waals surface area contributed by atoms with Crippen molar-refractivity contribution in [1.29, 1.82) is 0 Å². The minimum atomic E-state index is -0.565. The zero-order valence-corrected chi connectivity index (χ0v) is 11.6. The summed E-state index contributed by atoms with van der Waals surface area (Å²) in [6.45, 7) is 5.67. The second kappa shape index (κ2) is 4.75. The number of nitrogens with two attached hydrogens (primary N) is 1. The van der Waals surface area contributed by atoms with Crippen molar-refractivity contribution in [1.82, 2.24) is 15.1 Å². The fourth-order valence-electron chi connectivity index (χ4n) is 1.10. The molecule has 0 spiro atoms. The van der Waals surface area contributed by atoms with Crippen LogP contribution in [0.15, 0.2) is 14.2 Å². The smallest absolute Gasteiger partial charge is 0.237 e. The number of hydrogen-bond donors (Lipinski definition) is 1. The van der Waals surface area contributed by atoms with Crippen LogP contribution in [0.25, 0.3) is 0 Å². The van der Waals surface area contributed by atoms with Crippen molar-refractivity contribution in [3.8, 4) is 0 Å². The Morgan fingerprint density at radius 2 is 2.24 bits per heavy atom. The molecule has 7 heteroatoms. The topological polar surface area (TPSA) is 77.8 Å². The van der Waals surface area contributed by atoms with Gasteiger partial charge in [-0.2, -0.15) is 4.98 Å². The molecule has 2 N–H and O–H groups in total. The average molecular weight is 270 g/mol. The first-order valence-corrected chi connectivity index (χ1v) is 6.98. The molecule has 0 saturated carbocycles. The minimum absolute atomic E-state index is 0.531. The van der Waals surface area contributed by atoms with Gasteiger partial charge in [0.25, 0.3) is 0 Å². The zero-order chi connectivity index (χ0) is 12.5. The van der Waals surface area contributed by atoms with Crippen LogP contribution in [0.5, 0.6) is 0 Å². The number of aromatic nitrogens is 3. The summed E-state index contributed by atoms with van der Waals surface area (Å²) in [5, 5.41) is 5.88. The van der Waals surface area contributed by atoms with Crippen LogP contribution >= 0.6 is 23.1 Å². The van der Waals surface area contributed by atoms with E-state index in [2.05, 4.69) is 15.1 Å².